The third-order valence-electron chi connectivity index (χ3n) is 5.44. The molecule has 4 aromatic carbocycles. The zero-order chi connectivity index (χ0) is 26.9. The van der Waals surface area contributed by atoms with Crippen LogP contribution >= 0.6 is 23.2 Å². The van der Waals surface area contributed by atoms with Crippen molar-refractivity contribution in [2.75, 3.05) is 12.4 Å². The number of benzene rings is 4. The fourth-order valence-corrected chi connectivity index (χ4v) is 4.90. The van der Waals surface area contributed by atoms with Crippen LogP contribution in [-0.4, -0.2) is 26.0 Å². The van der Waals surface area contributed by atoms with Crippen molar-refractivity contribution in [1.82, 2.24) is 0 Å². The smallest absolute Gasteiger partial charge is 0.870 e. The van der Waals surface area contributed by atoms with Gasteiger partial charge >= 0.3 is 29.6 Å². The van der Waals surface area contributed by atoms with Crippen LogP contribution in [0.1, 0.15) is 15.9 Å². The van der Waals surface area contributed by atoms with E-state index in [1.807, 2.05) is 0 Å². The van der Waals surface area contributed by atoms with Gasteiger partial charge in [0.15, 0.2) is 0 Å². The molecule has 0 aromatic heterocycles. The first kappa shape index (κ1) is 29.9. The molecule has 0 aliphatic carbocycles. The zero-order valence-corrected chi connectivity index (χ0v) is 24.6. The number of carbonyl (C=O) groups excluding carboxylic acids is 1. The minimum Gasteiger partial charge on any atom is -0.870 e. The van der Waals surface area contributed by atoms with Crippen LogP contribution in [0.15, 0.2) is 75.8 Å². The number of carbonyl (C=O) groups is 1. The van der Waals surface area contributed by atoms with Crippen LogP contribution < -0.4 is 44.7 Å². The Morgan fingerprint density at radius 3 is 2.42 bits per heavy atom. The topological polar surface area (TPSA) is 140 Å². The van der Waals surface area contributed by atoms with E-state index in [1.54, 1.807) is 42.5 Å². The van der Waals surface area contributed by atoms with Crippen LogP contribution in [0.4, 0.5) is 17.1 Å². The summed E-state index contributed by atoms with van der Waals surface area (Å²) in [5.41, 5.74) is 0.389. The van der Waals surface area contributed by atoms with Crippen molar-refractivity contribution in [2.24, 2.45) is 10.2 Å². The van der Waals surface area contributed by atoms with E-state index in [9.17, 15) is 22.9 Å². The standard InChI is InChI=1S/C25H19Cl2N3O6S.Na/c1-13-10-21(37(33,34)35)18(27)12-19(13)29-30-22-15-7-4-3-6-14(15)11-16(24(22)31)25(32)28-23-17(26)8-5-9-20(23)36-2;/h3-12,31H,1-2H3,(H,28,32)(H,33,34,35);/q;+1/p-1. The molecule has 0 radical (unpaired) electrons. The Balaban J connectivity index is 0.00000400. The zero-order valence-electron chi connectivity index (χ0n) is 20.3. The van der Waals surface area contributed by atoms with Gasteiger partial charge in [0.05, 0.1) is 28.5 Å². The number of aryl methyl sites for hydroxylation is 1. The second-order valence-electron chi connectivity index (χ2n) is 7.84. The molecule has 0 aliphatic heterocycles. The van der Waals surface area contributed by atoms with E-state index in [1.165, 1.54) is 26.2 Å². The molecular weight excluding hydrogens is 564 g/mol. The van der Waals surface area contributed by atoms with E-state index < -0.39 is 26.7 Å². The number of halogens is 2. The molecule has 0 aliphatic rings. The van der Waals surface area contributed by atoms with E-state index in [2.05, 4.69) is 15.5 Å². The first-order valence-electron chi connectivity index (χ1n) is 10.6. The number of rotatable bonds is 6. The monoisotopic (exact) mass is 581 g/mol. The number of azo groups is 1. The number of nitrogens with one attached hydrogen (secondary N) is 1. The third kappa shape index (κ3) is 6.13. The van der Waals surface area contributed by atoms with Gasteiger partial charge < -0.3 is 15.2 Å². The average Bonchev–Trinajstić information content (AvgIpc) is 2.85. The van der Waals surface area contributed by atoms with Gasteiger partial charge in [0.1, 0.15) is 16.3 Å². The van der Waals surface area contributed by atoms with Crippen molar-refractivity contribution in [3.05, 3.63) is 81.8 Å². The number of fused-ring (bicyclic) bond motifs is 1. The summed E-state index contributed by atoms with van der Waals surface area (Å²) >= 11 is 12.2. The summed E-state index contributed by atoms with van der Waals surface area (Å²) in [6.07, 6.45) is 0. The van der Waals surface area contributed by atoms with E-state index in [-0.39, 0.29) is 62.2 Å². The predicted molar refractivity (Wildman–Crippen MR) is 140 cm³/mol. The molecule has 190 valence electrons. The number of ether oxygens (including phenoxy) is 1. The summed E-state index contributed by atoms with van der Waals surface area (Å²) in [6.45, 7) is 1.54. The van der Waals surface area contributed by atoms with Crippen molar-refractivity contribution in [3.63, 3.8) is 0 Å². The second-order valence-corrected chi connectivity index (χ2v) is 10.0. The fourth-order valence-electron chi connectivity index (χ4n) is 3.61. The van der Waals surface area contributed by atoms with E-state index in [0.717, 1.165) is 6.07 Å². The largest absolute Gasteiger partial charge is 1.00 e. The molecule has 0 fully saturated rings. The minimum atomic E-state index is -4.54. The second kappa shape index (κ2) is 12.0. The summed E-state index contributed by atoms with van der Waals surface area (Å²) in [5.74, 6) is -1.10. The van der Waals surface area contributed by atoms with Crippen LogP contribution in [-0.2, 0) is 10.1 Å². The predicted octanol–water partition coefficient (Wildman–Crippen LogP) is 3.46. The molecule has 4 aromatic rings. The summed E-state index contributed by atoms with van der Waals surface area (Å²) in [7, 11) is -3.12. The maximum atomic E-state index is 13.4. The number of amides is 1. The average molecular weight is 582 g/mol. The minimum absolute atomic E-state index is 0. The van der Waals surface area contributed by atoms with Gasteiger partial charge in [-0.2, -0.15) is 18.6 Å². The Morgan fingerprint density at radius 2 is 1.74 bits per heavy atom. The van der Waals surface area contributed by atoms with E-state index >= 15 is 0 Å². The van der Waals surface area contributed by atoms with Crippen molar-refractivity contribution in [3.8, 4) is 11.5 Å². The van der Waals surface area contributed by atoms with Gasteiger partial charge in [-0.25, -0.2) is 0 Å². The molecule has 4 rings (SSSR count). The van der Waals surface area contributed by atoms with Gasteiger partial charge in [-0.05, 0) is 48.2 Å². The third-order valence-corrected chi connectivity index (χ3v) is 7.07. The van der Waals surface area contributed by atoms with Crippen LogP contribution in [0, 0.1) is 6.92 Å². The molecule has 0 atom stereocenters. The van der Waals surface area contributed by atoms with Crippen LogP contribution in [0.25, 0.3) is 10.8 Å². The summed E-state index contributed by atoms with van der Waals surface area (Å²) in [6, 6.07) is 15.4. The Hall–Kier alpha value is -2.70. The van der Waals surface area contributed by atoms with Crippen molar-refractivity contribution in [2.45, 2.75) is 11.8 Å². The van der Waals surface area contributed by atoms with Crippen LogP contribution in [0.5, 0.6) is 11.5 Å². The van der Waals surface area contributed by atoms with Gasteiger partial charge in [-0.15, -0.1) is 0 Å². The molecule has 0 saturated carbocycles. The SMILES string of the molecule is COc1cccc(Cl)c1NC(=O)c1cc2ccccc2c(N=Nc2cc(Cl)c(S(=O)(=O)O)cc2C)c1[O-].[Na+]. The van der Waals surface area contributed by atoms with Gasteiger partial charge in [0.25, 0.3) is 16.0 Å². The molecule has 13 heteroatoms. The molecule has 0 heterocycles. The first-order chi connectivity index (χ1) is 17.5. The molecule has 9 nitrogen and oxygen atoms in total. The van der Waals surface area contributed by atoms with Crippen molar-refractivity contribution >= 4 is 67.1 Å². The van der Waals surface area contributed by atoms with Gasteiger partial charge in [-0.3, -0.25) is 9.35 Å². The van der Waals surface area contributed by atoms with Gasteiger partial charge in [0, 0.05) is 10.9 Å². The molecule has 0 saturated heterocycles. The Bertz CT molecular complexity index is 1700. The molecule has 0 unspecified atom stereocenters. The summed E-state index contributed by atoms with van der Waals surface area (Å²) in [5, 5.41) is 25.2. The molecule has 0 spiro atoms. The Kier molecular flexibility index (Phi) is 9.43. The Labute approximate surface area is 250 Å². The van der Waals surface area contributed by atoms with Crippen LogP contribution in [0.2, 0.25) is 10.0 Å². The van der Waals surface area contributed by atoms with Gasteiger partial charge in [0.2, 0.25) is 0 Å². The molecule has 38 heavy (non-hydrogen) atoms. The van der Waals surface area contributed by atoms with E-state index in [4.69, 9.17) is 27.9 Å². The number of anilines is 1. The molecular formula is C25H18Cl2N3NaO6S. The maximum Gasteiger partial charge on any atom is 1.00 e. The number of para-hydroxylation sites is 1. The van der Waals surface area contributed by atoms with E-state index in [0.29, 0.717) is 22.1 Å². The number of nitrogens with zero attached hydrogens (tertiary/aromatic N) is 2. The fraction of sp³-hybridized carbons (Fsp3) is 0.0800. The number of hydrogen-bond acceptors (Lipinski definition) is 7. The normalized spacial score (nSPS) is 11.4. The van der Waals surface area contributed by atoms with Crippen LogP contribution in [0.3, 0.4) is 0 Å². The number of hydrogen-bond donors (Lipinski definition) is 2. The Morgan fingerprint density at radius 1 is 1.03 bits per heavy atom. The molecule has 1 amide bonds. The van der Waals surface area contributed by atoms with Crippen molar-refractivity contribution < 1.29 is 57.2 Å². The molecule has 2 N–H and O–H groups in total. The van der Waals surface area contributed by atoms with Crippen molar-refractivity contribution in [1.29, 1.82) is 0 Å². The number of methoxy groups -OCH3 is 1. The summed E-state index contributed by atoms with van der Waals surface area (Å²) < 4.78 is 37.6. The quantitative estimate of drug-likeness (QED) is 0.203. The summed E-state index contributed by atoms with van der Waals surface area (Å²) in [4.78, 5) is 12.7. The maximum absolute atomic E-state index is 13.4. The molecule has 0 bridgehead atoms. The van der Waals surface area contributed by atoms with Gasteiger partial charge in [-0.1, -0.05) is 59.3 Å². The first-order valence-corrected chi connectivity index (χ1v) is 12.8.